The number of rotatable bonds is 7. The zero-order chi connectivity index (χ0) is 16.7. The molecule has 1 aromatic rings. The van der Waals surface area contributed by atoms with Crippen LogP contribution >= 0.6 is 11.8 Å². The molecule has 0 saturated carbocycles. The molecule has 2 amide bonds. The van der Waals surface area contributed by atoms with Crippen LogP contribution in [0.4, 0.5) is 14.5 Å². The van der Waals surface area contributed by atoms with Crippen LogP contribution in [0.5, 0.6) is 0 Å². The average Bonchev–Trinajstić information content (AvgIpc) is 2.43. The number of nitrogens with two attached hydrogens (primary N) is 1. The summed E-state index contributed by atoms with van der Waals surface area (Å²) in [5.74, 6) is -3.43. The molecule has 0 bridgehead atoms. The molecule has 22 heavy (non-hydrogen) atoms. The summed E-state index contributed by atoms with van der Waals surface area (Å²) >= 11 is 0.394. The van der Waals surface area contributed by atoms with Crippen molar-refractivity contribution in [2.24, 2.45) is 11.7 Å². The highest BCUT2D eigenvalue weighted by molar-refractivity contribution is 7.99. The number of carbonyl (C=O) groups excluding carboxylic acids is 2. The summed E-state index contributed by atoms with van der Waals surface area (Å²) in [6.07, 6.45) is 0. The number of benzene rings is 1. The Balaban J connectivity index is 2.50. The van der Waals surface area contributed by atoms with E-state index in [4.69, 9.17) is 5.73 Å². The molecule has 0 radical (unpaired) electrons. The van der Waals surface area contributed by atoms with Gasteiger partial charge >= 0.3 is 0 Å². The molecule has 0 spiro atoms. The Morgan fingerprint density at radius 2 is 2.00 bits per heavy atom. The maximum absolute atomic E-state index is 12.3. The first kappa shape index (κ1) is 18.4. The first-order valence-corrected chi connectivity index (χ1v) is 7.55. The van der Waals surface area contributed by atoms with Crippen molar-refractivity contribution in [1.82, 2.24) is 5.32 Å². The molecule has 0 unspecified atom stereocenters. The van der Waals surface area contributed by atoms with Crippen LogP contribution in [-0.2, 0) is 9.59 Å². The zero-order valence-corrected chi connectivity index (χ0v) is 13.1. The van der Waals surface area contributed by atoms with Gasteiger partial charge in [0, 0.05) is 10.6 Å². The van der Waals surface area contributed by atoms with Crippen LogP contribution in [0.25, 0.3) is 0 Å². The Morgan fingerprint density at radius 1 is 1.32 bits per heavy atom. The molecular weight excluding hydrogens is 312 g/mol. The molecule has 8 heteroatoms. The molecule has 0 aromatic heterocycles. The van der Waals surface area contributed by atoms with Crippen LogP contribution in [0.1, 0.15) is 13.8 Å². The van der Waals surface area contributed by atoms with Gasteiger partial charge in [0.05, 0.1) is 12.6 Å². The quantitative estimate of drug-likeness (QED) is 0.668. The van der Waals surface area contributed by atoms with E-state index in [1.807, 2.05) is 0 Å². The minimum absolute atomic E-state index is 0.0360. The third-order valence-corrected chi connectivity index (χ3v) is 3.49. The van der Waals surface area contributed by atoms with Crippen molar-refractivity contribution in [3.05, 3.63) is 24.3 Å². The highest BCUT2D eigenvalue weighted by Gasteiger charge is 2.17. The van der Waals surface area contributed by atoms with Gasteiger partial charge in [0.1, 0.15) is 0 Å². The highest BCUT2D eigenvalue weighted by atomic mass is 32.2. The van der Waals surface area contributed by atoms with Gasteiger partial charge in [-0.05, 0) is 24.1 Å². The summed E-state index contributed by atoms with van der Waals surface area (Å²) in [5.41, 5.74) is 6.03. The summed E-state index contributed by atoms with van der Waals surface area (Å²) in [4.78, 5) is 23.7. The van der Waals surface area contributed by atoms with Gasteiger partial charge in [0.2, 0.25) is 11.8 Å². The van der Waals surface area contributed by atoms with Crippen molar-refractivity contribution in [3.63, 3.8) is 0 Å². The Bertz CT molecular complexity index is 527. The predicted octanol–water partition coefficient (Wildman–Crippen LogP) is 2.04. The number of carbonyl (C=O) groups is 2. The lowest BCUT2D eigenvalue weighted by Gasteiger charge is -2.15. The fourth-order valence-electron chi connectivity index (χ4n) is 1.54. The van der Waals surface area contributed by atoms with E-state index in [1.165, 1.54) is 12.1 Å². The van der Waals surface area contributed by atoms with Crippen LogP contribution in [0.3, 0.4) is 0 Å². The van der Waals surface area contributed by atoms with Crippen LogP contribution in [-0.4, -0.2) is 30.2 Å². The van der Waals surface area contributed by atoms with Gasteiger partial charge in [-0.1, -0.05) is 31.7 Å². The number of hydrogen-bond donors (Lipinski definition) is 3. The van der Waals surface area contributed by atoms with Crippen molar-refractivity contribution in [1.29, 1.82) is 0 Å². The van der Waals surface area contributed by atoms with E-state index in [0.29, 0.717) is 22.3 Å². The van der Waals surface area contributed by atoms with E-state index in [1.54, 1.807) is 26.0 Å². The second-order valence-corrected chi connectivity index (χ2v) is 6.01. The summed E-state index contributed by atoms with van der Waals surface area (Å²) in [6.45, 7) is 3.37. The first-order chi connectivity index (χ1) is 10.3. The van der Waals surface area contributed by atoms with Crippen LogP contribution in [0, 0.1) is 5.92 Å². The fraction of sp³-hybridized carbons (Fsp3) is 0.429. The van der Waals surface area contributed by atoms with Gasteiger partial charge in [0.15, 0.2) is 0 Å². The number of thioether (sulfide) groups is 1. The predicted molar refractivity (Wildman–Crippen MR) is 82.8 cm³/mol. The number of alkyl halides is 2. The lowest BCUT2D eigenvalue weighted by Crippen LogP contribution is -2.46. The van der Waals surface area contributed by atoms with Gasteiger partial charge in [-0.3, -0.25) is 9.59 Å². The minimum atomic E-state index is -2.53. The normalized spacial score (nSPS) is 12.3. The third kappa shape index (κ3) is 6.40. The van der Waals surface area contributed by atoms with Crippen molar-refractivity contribution in [2.45, 2.75) is 30.5 Å². The van der Waals surface area contributed by atoms with Gasteiger partial charge in [0.25, 0.3) is 5.76 Å². The molecule has 0 aliphatic carbocycles. The van der Waals surface area contributed by atoms with Gasteiger partial charge in [-0.15, -0.1) is 0 Å². The number of amides is 2. The molecule has 0 fully saturated rings. The van der Waals surface area contributed by atoms with E-state index < -0.39 is 23.6 Å². The summed E-state index contributed by atoms with van der Waals surface area (Å²) in [7, 11) is 0. The molecule has 1 rings (SSSR count). The fourth-order valence-corrected chi connectivity index (χ4v) is 2.10. The third-order valence-electron chi connectivity index (χ3n) is 2.79. The van der Waals surface area contributed by atoms with Crippen LogP contribution in [0.2, 0.25) is 0 Å². The number of hydrogen-bond acceptors (Lipinski definition) is 4. The topological polar surface area (TPSA) is 84.2 Å². The van der Waals surface area contributed by atoms with E-state index in [0.717, 1.165) is 0 Å². The summed E-state index contributed by atoms with van der Waals surface area (Å²) in [6, 6.07) is 5.42. The largest absolute Gasteiger partial charge is 0.346 e. The SMILES string of the molecule is CC(C)[C@H](N)C(=O)NCC(=O)Nc1cccc(SC(F)F)c1. The maximum Gasteiger partial charge on any atom is 0.288 e. The Morgan fingerprint density at radius 3 is 2.59 bits per heavy atom. The first-order valence-electron chi connectivity index (χ1n) is 6.67. The smallest absolute Gasteiger partial charge is 0.288 e. The van der Waals surface area contributed by atoms with Gasteiger partial charge in [-0.2, -0.15) is 8.78 Å². The van der Waals surface area contributed by atoms with Crippen LogP contribution < -0.4 is 16.4 Å². The lowest BCUT2D eigenvalue weighted by molar-refractivity contribution is -0.125. The molecular formula is C14H19F2N3O2S. The molecule has 0 saturated heterocycles. The Labute approximate surface area is 132 Å². The van der Waals surface area contributed by atoms with E-state index in [-0.39, 0.29) is 12.5 Å². The van der Waals surface area contributed by atoms with E-state index in [2.05, 4.69) is 10.6 Å². The minimum Gasteiger partial charge on any atom is -0.346 e. The number of nitrogens with one attached hydrogen (secondary N) is 2. The lowest BCUT2D eigenvalue weighted by atomic mass is 10.1. The molecule has 5 nitrogen and oxygen atoms in total. The molecule has 4 N–H and O–H groups in total. The molecule has 0 aliphatic rings. The van der Waals surface area contributed by atoms with Crippen molar-refractivity contribution in [2.75, 3.05) is 11.9 Å². The summed E-state index contributed by atoms with van der Waals surface area (Å²) < 4.78 is 24.6. The van der Waals surface area contributed by atoms with Gasteiger partial charge in [-0.25, -0.2) is 0 Å². The molecule has 1 aromatic carbocycles. The number of anilines is 1. The molecule has 122 valence electrons. The highest BCUT2D eigenvalue weighted by Crippen LogP contribution is 2.27. The molecule has 1 atom stereocenters. The monoisotopic (exact) mass is 331 g/mol. The standard InChI is InChI=1S/C14H19F2N3O2S/c1-8(2)12(17)13(21)18-7-11(20)19-9-4-3-5-10(6-9)22-14(15)16/h3-6,8,12,14H,7,17H2,1-2H3,(H,18,21)(H,19,20)/t12-/m0/s1. The average molecular weight is 331 g/mol. The summed E-state index contributed by atoms with van der Waals surface area (Å²) in [5, 5.41) is 4.96. The van der Waals surface area contributed by atoms with Gasteiger partial charge < -0.3 is 16.4 Å². The van der Waals surface area contributed by atoms with Crippen LogP contribution in [0.15, 0.2) is 29.2 Å². The Kier molecular flexibility index (Phi) is 7.26. The number of halogens is 2. The van der Waals surface area contributed by atoms with E-state index >= 15 is 0 Å². The maximum atomic E-state index is 12.3. The van der Waals surface area contributed by atoms with Crippen molar-refractivity contribution in [3.8, 4) is 0 Å². The second kappa shape index (κ2) is 8.70. The molecule has 0 aliphatic heterocycles. The van der Waals surface area contributed by atoms with Crippen molar-refractivity contribution >= 4 is 29.3 Å². The van der Waals surface area contributed by atoms with E-state index in [9.17, 15) is 18.4 Å². The second-order valence-electron chi connectivity index (χ2n) is 4.94. The zero-order valence-electron chi connectivity index (χ0n) is 12.3. The van der Waals surface area contributed by atoms with Crippen molar-refractivity contribution < 1.29 is 18.4 Å². The molecule has 0 heterocycles. The Hall–Kier alpha value is -1.67.